The fourth-order valence-electron chi connectivity index (χ4n) is 1.83. The first-order valence-electron chi connectivity index (χ1n) is 5.79. The number of nitrogens with zero attached hydrogens (tertiary/aromatic N) is 1. The van der Waals surface area contributed by atoms with Gasteiger partial charge in [-0.05, 0) is 30.3 Å². The molecule has 7 heteroatoms. The zero-order valence-corrected chi connectivity index (χ0v) is 10.8. The summed E-state index contributed by atoms with van der Waals surface area (Å²) >= 11 is 0. The molecule has 0 amide bonds. The SMILES string of the molecule is COc1ncccc1-c1cc(OC(F)(F)F)ccc1C=O. The smallest absolute Gasteiger partial charge is 0.481 e. The van der Waals surface area contributed by atoms with Crippen LogP contribution in [0.15, 0.2) is 36.5 Å². The molecule has 0 aliphatic rings. The van der Waals surface area contributed by atoms with E-state index in [2.05, 4.69) is 9.72 Å². The Morgan fingerprint density at radius 2 is 1.95 bits per heavy atom. The predicted octanol–water partition coefficient (Wildman–Crippen LogP) is 3.47. The second kappa shape index (κ2) is 5.82. The third kappa shape index (κ3) is 3.50. The molecule has 0 saturated carbocycles. The van der Waals surface area contributed by atoms with Gasteiger partial charge >= 0.3 is 6.36 Å². The van der Waals surface area contributed by atoms with E-state index < -0.39 is 12.1 Å². The van der Waals surface area contributed by atoms with Gasteiger partial charge in [-0.2, -0.15) is 0 Å². The first-order valence-corrected chi connectivity index (χ1v) is 5.79. The highest BCUT2D eigenvalue weighted by molar-refractivity contribution is 5.89. The highest BCUT2D eigenvalue weighted by atomic mass is 19.4. The number of rotatable bonds is 4. The minimum Gasteiger partial charge on any atom is -0.481 e. The Morgan fingerprint density at radius 1 is 1.19 bits per heavy atom. The van der Waals surface area contributed by atoms with Crippen LogP contribution in [0, 0.1) is 0 Å². The Bertz CT molecular complexity index is 656. The lowest BCUT2D eigenvalue weighted by atomic mass is 10.0. The van der Waals surface area contributed by atoms with E-state index in [1.54, 1.807) is 12.1 Å². The zero-order valence-electron chi connectivity index (χ0n) is 10.8. The fraction of sp³-hybridized carbons (Fsp3) is 0.143. The van der Waals surface area contributed by atoms with Gasteiger partial charge in [0.05, 0.1) is 7.11 Å². The van der Waals surface area contributed by atoms with Crippen LogP contribution in [-0.2, 0) is 0 Å². The van der Waals surface area contributed by atoms with Crippen LogP contribution in [0.3, 0.4) is 0 Å². The molecule has 1 aromatic heterocycles. The van der Waals surface area contributed by atoms with Crippen molar-refractivity contribution in [2.24, 2.45) is 0 Å². The van der Waals surface area contributed by atoms with E-state index in [9.17, 15) is 18.0 Å². The second-order valence-electron chi connectivity index (χ2n) is 3.97. The van der Waals surface area contributed by atoms with E-state index in [-0.39, 0.29) is 17.0 Å². The summed E-state index contributed by atoms with van der Waals surface area (Å²) in [5, 5.41) is 0. The number of aromatic nitrogens is 1. The summed E-state index contributed by atoms with van der Waals surface area (Å²) in [5.74, 6) is -0.223. The Hall–Kier alpha value is -2.57. The van der Waals surface area contributed by atoms with Crippen LogP contribution < -0.4 is 9.47 Å². The monoisotopic (exact) mass is 297 g/mol. The zero-order chi connectivity index (χ0) is 15.5. The van der Waals surface area contributed by atoms with E-state index in [1.165, 1.54) is 19.4 Å². The van der Waals surface area contributed by atoms with Crippen LogP contribution in [0.1, 0.15) is 10.4 Å². The van der Waals surface area contributed by atoms with Gasteiger partial charge in [-0.25, -0.2) is 4.98 Å². The van der Waals surface area contributed by atoms with Crippen molar-refractivity contribution < 1.29 is 27.4 Å². The van der Waals surface area contributed by atoms with Gasteiger partial charge < -0.3 is 9.47 Å². The molecule has 4 nitrogen and oxygen atoms in total. The van der Waals surface area contributed by atoms with Crippen molar-refractivity contribution in [3.8, 4) is 22.8 Å². The number of halogens is 3. The first-order chi connectivity index (χ1) is 9.94. The minimum atomic E-state index is -4.81. The number of aldehydes is 1. The maximum absolute atomic E-state index is 12.3. The highest BCUT2D eigenvalue weighted by Gasteiger charge is 2.31. The molecule has 110 valence electrons. The van der Waals surface area contributed by atoms with Gasteiger partial charge in [0.25, 0.3) is 0 Å². The second-order valence-corrected chi connectivity index (χ2v) is 3.97. The number of methoxy groups -OCH3 is 1. The molecule has 0 N–H and O–H groups in total. The van der Waals surface area contributed by atoms with Crippen molar-refractivity contribution in [1.29, 1.82) is 0 Å². The van der Waals surface area contributed by atoms with Gasteiger partial charge in [-0.1, -0.05) is 0 Å². The number of hydrogen-bond acceptors (Lipinski definition) is 4. The van der Waals surface area contributed by atoms with Crippen molar-refractivity contribution in [3.05, 3.63) is 42.1 Å². The van der Waals surface area contributed by atoms with Crippen LogP contribution in [-0.4, -0.2) is 24.7 Å². The molecular weight excluding hydrogens is 287 g/mol. The van der Waals surface area contributed by atoms with Crippen molar-refractivity contribution in [1.82, 2.24) is 4.98 Å². The first kappa shape index (κ1) is 14.8. The fourth-order valence-corrected chi connectivity index (χ4v) is 1.83. The normalized spacial score (nSPS) is 11.0. The summed E-state index contributed by atoms with van der Waals surface area (Å²) in [4.78, 5) is 15.0. The standard InChI is InChI=1S/C14H10F3NO3/c1-20-13-11(3-2-6-18-13)12-7-10(21-14(15,16)17)5-4-9(12)8-19/h2-8H,1H3. The lowest BCUT2D eigenvalue weighted by molar-refractivity contribution is -0.274. The molecule has 0 fully saturated rings. The van der Waals surface area contributed by atoms with E-state index in [0.29, 0.717) is 11.8 Å². The van der Waals surface area contributed by atoms with E-state index in [4.69, 9.17) is 4.74 Å². The van der Waals surface area contributed by atoms with Crippen LogP contribution >= 0.6 is 0 Å². The van der Waals surface area contributed by atoms with Gasteiger partial charge in [0.1, 0.15) is 5.75 Å². The molecule has 2 rings (SSSR count). The van der Waals surface area contributed by atoms with Crippen molar-refractivity contribution in [2.45, 2.75) is 6.36 Å². The highest BCUT2D eigenvalue weighted by Crippen LogP contribution is 2.34. The molecule has 0 aliphatic heterocycles. The Labute approximate surface area is 118 Å². The van der Waals surface area contributed by atoms with E-state index >= 15 is 0 Å². The lowest BCUT2D eigenvalue weighted by Crippen LogP contribution is -2.17. The van der Waals surface area contributed by atoms with Crippen LogP contribution in [0.4, 0.5) is 13.2 Å². The Balaban J connectivity index is 2.55. The van der Waals surface area contributed by atoms with Crippen molar-refractivity contribution in [2.75, 3.05) is 7.11 Å². The largest absolute Gasteiger partial charge is 0.573 e. The molecular formula is C14H10F3NO3. The number of carbonyl (C=O) groups excluding carboxylic acids is 1. The van der Waals surface area contributed by atoms with Crippen molar-refractivity contribution in [3.63, 3.8) is 0 Å². The molecule has 21 heavy (non-hydrogen) atoms. The summed E-state index contributed by atoms with van der Waals surface area (Å²) in [6, 6.07) is 6.62. The summed E-state index contributed by atoms with van der Waals surface area (Å²) in [6.07, 6.45) is -2.79. The predicted molar refractivity (Wildman–Crippen MR) is 68.3 cm³/mol. The Kier molecular flexibility index (Phi) is 4.11. The Morgan fingerprint density at radius 3 is 2.57 bits per heavy atom. The summed E-state index contributed by atoms with van der Waals surface area (Å²) in [6.45, 7) is 0. The molecule has 1 aromatic carbocycles. The number of pyridine rings is 1. The maximum atomic E-state index is 12.3. The van der Waals surface area contributed by atoms with Gasteiger partial charge in [-0.15, -0.1) is 13.2 Å². The number of hydrogen-bond donors (Lipinski definition) is 0. The number of carbonyl (C=O) groups is 1. The molecule has 0 atom stereocenters. The van der Waals surface area contributed by atoms with Crippen LogP contribution in [0.2, 0.25) is 0 Å². The molecule has 1 heterocycles. The third-order valence-corrected chi connectivity index (χ3v) is 2.64. The van der Waals surface area contributed by atoms with Crippen LogP contribution in [0.5, 0.6) is 11.6 Å². The third-order valence-electron chi connectivity index (χ3n) is 2.64. The van der Waals surface area contributed by atoms with Crippen LogP contribution in [0.25, 0.3) is 11.1 Å². The molecule has 0 unspecified atom stereocenters. The average Bonchev–Trinajstić information content (AvgIpc) is 2.45. The lowest BCUT2D eigenvalue weighted by Gasteiger charge is -2.13. The van der Waals surface area contributed by atoms with E-state index in [0.717, 1.165) is 12.1 Å². The molecule has 2 aromatic rings. The molecule has 0 bridgehead atoms. The summed E-state index contributed by atoms with van der Waals surface area (Å²) in [7, 11) is 1.38. The number of alkyl halides is 3. The van der Waals surface area contributed by atoms with Gasteiger partial charge in [0.2, 0.25) is 5.88 Å². The molecule has 0 saturated heterocycles. The molecule has 0 aliphatic carbocycles. The van der Waals surface area contributed by atoms with E-state index in [1.807, 2.05) is 0 Å². The quantitative estimate of drug-likeness (QED) is 0.811. The summed E-state index contributed by atoms with van der Waals surface area (Å²) in [5.41, 5.74) is 0.849. The number of benzene rings is 1. The van der Waals surface area contributed by atoms with Gasteiger partial charge in [0.15, 0.2) is 6.29 Å². The van der Waals surface area contributed by atoms with Gasteiger partial charge in [0, 0.05) is 22.9 Å². The molecule has 0 radical (unpaired) electrons. The number of ether oxygens (including phenoxy) is 2. The maximum Gasteiger partial charge on any atom is 0.573 e. The van der Waals surface area contributed by atoms with Crippen molar-refractivity contribution >= 4 is 6.29 Å². The topological polar surface area (TPSA) is 48.4 Å². The molecule has 0 spiro atoms. The van der Waals surface area contributed by atoms with Gasteiger partial charge in [-0.3, -0.25) is 4.79 Å². The average molecular weight is 297 g/mol. The minimum absolute atomic E-state index is 0.199. The summed E-state index contributed by atoms with van der Waals surface area (Å²) < 4.78 is 45.7.